The molecule has 14 heavy (non-hydrogen) atoms. The molecule has 5 heteroatoms. The lowest BCUT2D eigenvalue weighted by molar-refractivity contribution is -0.164. The predicted molar refractivity (Wildman–Crippen MR) is 49.8 cm³/mol. The van der Waals surface area contributed by atoms with Crippen molar-refractivity contribution in [2.45, 2.75) is 5.79 Å². The normalized spacial score (nSPS) is 11.6. The van der Waals surface area contributed by atoms with Gasteiger partial charge in [0.2, 0.25) is 5.79 Å². The molecule has 0 unspecified atom stereocenters. The van der Waals surface area contributed by atoms with Gasteiger partial charge in [-0.2, -0.15) is 0 Å². The van der Waals surface area contributed by atoms with Crippen molar-refractivity contribution in [2.75, 3.05) is 13.6 Å². The van der Waals surface area contributed by atoms with Crippen LogP contribution in [-0.4, -0.2) is 34.0 Å². The van der Waals surface area contributed by atoms with Gasteiger partial charge in [-0.1, -0.05) is 0 Å². The van der Waals surface area contributed by atoms with E-state index in [-0.39, 0.29) is 23.6 Å². The Labute approximate surface area is 81.3 Å². The van der Waals surface area contributed by atoms with Gasteiger partial charge in [-0.25, -0.2) is 0 Å². The topological polar surface area (TPSA) is 93.0 Å². The standard InChI is InChI=1S/C9H13NO4/c1-10-5-9(13,14)6-2-3-7(11)8(12)4-6/h2-4,10-14H,5H2,1H3. The van der Waals surface area contributed by atoms with Crippen LogP contribution < -0.4 is 5.32 Å². The third-order valence-corrected chi connectivity index (χ3v) is 1.86. The fourth-order valence-electron chi connectivity index (χ4n) is 1.12. The van der Waals surface area contributed by atoms with Crippen LogP contribution in [0.3, 0.4) is 0 Å². The summed E-state index contributed by atoms with van der Waals surface area (Å²) in [4.78, 5) is 0. The van der Waals surface area contributed by atoms with Gasteiger partial charge in [-0.05, 0) is 25.2 Å². The van der Waals surface area contributed by atoms with Crippen molar-refractivity contribution in [2.24, 2.45) is 0 Å². The predicted octanol–water partition coefficient (Wildman–Crippen LogP) is -0.545. The first-order chi connectivity index (χ1) is 6.47. The van der Waals surface area contributed by atoms with Gasteiger partial charge in [-0.15, -0.1) is 0 Å². The number of rotatable bonds is 3. The molecule has 1 aromatic rings. The fraction of sp³-hybridized carbons (Fsp3) is 0.333. The number of aliphatic hydroxyl groups is 2. The summed E-state index contributed by atoms with van der Waals surface area (Å²) in [5.74, 6) is -2.74. The third-order valence-electron chi connectivity index (χ3n) is 1.86. The average molecular weight is 199 g/mol. The van der Waals surface area contributed by atoms with Crippen LogP contribution in [0.2, 0.25) is 0 Å². The highest BCUT2D eigenvalue weighted by molar-refractivity contribution is 5.41. The molecule has 5 N–H and O–H groups in total. The smallest absolute Gasteiger partial charge is 0.202 e. The minimum absolute atomic E-state index is 0.0722. The average Bonchev–Trinajstić information content (AvgIpc) is 2.09. The molecule has 0 spiro atoms. The Hall–Kier alpha value is -1.30. The Morgan fingerprint density at radius 2 is 1.86 bits per heavy atom. The first-order valence-corrected chi connectivity index (χ1v) is 4.09. The second-order valence-corrected chi connectivity index (χ2v) is 3.05. The van der Waals surface area contributed by atoms with E-state index in [9.17, 15) is 10.2 Å². The SMILES string of the molecule is CNCC(O)(O)c1ccc(O)c(O)c1. The number of nitrogens with one attached hydrogen (secondary N) is 1. The van der Waals surface area contributed by atoms with E-state index in [0.717, 1.165) is 6.07 Å². The van der Waals surface area contributed by atoms with E-state index in [0.29, 0.717) is 0 Å². The van der Waals surface area contributed by atoms with Crippen LogP contribution in [-0.2, 0) is 5.79 Å². The molecule has 5 nitrogen and oxygen atoms in total. The van der Waals surface area contributed by atoms with Gasteiger partial charge in [0.05, 0.1) is 6.54 Å². The Kier molecular flexibility index (Phi) is 2.95. The summed E-state index contributed by atoms with van der Waals surface area (Å²) in [6.07, 6.45) is 0. The summed E-state index contributed by atoms with van der Waals surface area (Å²) in [5, 5.41) is 39.7. The molecule has 0 saturated carbocycles. The molecule has 78 valence electrons. The molecule has 0 bridgehead atoms. The van der Waals surface area contributed by atoms with Gasteiger partial charge in [0.1, 0.15) is 0 Å². The molecule has 0 fully saturated rings. The van der Waals surface area contributed by atoms with Crippen LogP contribution in [0.15, 0.2) is 18.2 Å². The summed E-state index contributed by atoms with van der Waals surface area (Å²) in [5.41, 5.74) is 0.113. The van der Waals surface area contributed by atoms with E-state index in [1.165, 1.54) is 12.1 Å². The largest absolute Gasteiger partial charge is 0.504 e. The van der Waals surface area contributed by atoms with Gasteiger partial charge in [-0.3, -0.25) is 0 Å². The van der Waals surface area contributed by atoms with Crippen LogP contribution in [0.4, 0.5) is 0 Å². The monoisotopic (exact) mass is 199 g/mol. The number of phenolic OH excluding ortho intramolecular Hbond substituents is 2. The van der Waals surface area contributed by atoms with E-state index < -0.39 is 5.79 Å². The molecule has 0 radical (unpaired) electrons. The number of hydrogen-bond acceptors (Lipinski definition) is 5. The highest BCUT2D eigenvalue weighted by Gasteiger charge is 2.25. The maximum atomic E-state index is 9.50. The van der Waals surface area contributed by atoms with Gasteiger partial charge in [0, 0.05) is 5.56 Å². The number of phenols is 2. The molecule has 0 heterocycles. The van der Waals surface area contributed by atoms with Crippen molar-refractivity contribution in [3.8, 4) is 11.5 Å². The van der Waals surface area contributed by atoms with Gasteiger partial charge >= 0.3 is 0 Å². The molecular formula is C9H13NO4. The Bertz CT molecular complexity index is 325. The van der Waals surface area contributed by atoms with Crippen LogP contribution >= 0.6 is 0 Å². The number of likely N-dealkylation sites (N-methyl/N-ethyl adjacent to an activating group) is 1. The third kappa shape index (κ3) is 2.14. The molecule has 0 aliphatic carbocycles. The number of hydrogen-bond donors (Lipinski definition) is 5. The van der Waals surface area contributed by atoms with Crippen molar-refractivity contribution in [1.82, 2.24) is 5.32 Å². The zero-order valence-corrected chi connectivity index (χ0v) is 7.73. The molecule has 1 aromatic carbocycles. The zero-order chi connectivity index (χ0) is 10.8. The van der Waals surface area contributed by atoms with Crippen LogP contribution in [0, 0.1) is 0 Å². The highest BCUT2D eigenvalue weighted by Crippen LogP contribution is 2.29. The molecule has 0 amide bonds. The minimum Gasteiger partial charge on any atom is -0.504 e. The first kappa shape index (κ1) is 10.8. The van der Waals surface area contributed by atoms with E-state index in [1.54, 1.807) is 7.05 Å². The van der Waals surface area contributed by atoms with E-state index in [1.807, 2.05) is 0 Å². The Morgan fingerprint density at radius 3 is 2.36 bits per heavy atom. The van der Waals surface area contributed by atoms with Crippen LogP contribution in [0.1, 0.15) is 5.56 Å². The lowest BCUT2D eigenvalue weighted by Crippen LogP contribution is -2.36. The fourth-order valence-corrected chi connectivity index (χ4v) is 1.12. The molecular weight excluding hydrogens is 186 g/mol. The van der Waals surface area contributed by atoms with Crippen LogP contribution in [0.25, 0.3) is 0 Å². The van der Waals surface area contributed by atoms with Gasteiger partial charge in [0.25, 0.3) is 0 Å². The van der Waals surface area contributed by atoms with Crippen molar-refractivity contribution in [1.29, 1.82) is 0 Å². The second kappa shape index (κ2) is 3.83. The summed E-state index contributed by atoms with van der Waals surface area (Å²) < 4.78 is 0. The lowest BCUT2D eigenvalue weighted by atomic mass is 10.1. The van der Waals surface area contributed by atoms with Gasteiger partial charge < -0.3 is 25.7 Å². The second-order valence-electron chi connectivity index (χ2n) is 3.05. The van der Waals surface area contributed by atoms with Gasteiger partial charge in [0.15, 0.2) is 11.5 Å². The van der Waals surface area contributed by atoms with Crippen LogP contribution in [0.5, 0.6) is 11.5 Å². The van der Waals surface area contributed by atoms with E-state index >= 15 is 0 Å². The molecule has 0 aromatic heterocycles. The maximum absolute atomic E-state index is 9.50. The maximum Gasteiger partial charge on any atom is 0.202 e. The Balaban J connectivity index is 3.01. The van der Waals surface area contributed by atoms with Crippen molar-refractivity contribution < 1.29 is 20.4 Å². The summed E-state index contributed by atoms with van der Waals surface area (Å²) in [6, 6.07) is 3.63. The van der Waals surface area contributed by atoms with Crippen molar-refractivity contribution >= 4 is 0 Å². The number of benzene rings is 1. The first-order valence-electron chi connectivity index (χ1n) is 4.09. The van der Waals surface area contributed by atoms with E-state index in [2.05, 4.69) is 5.32 Å². The lowest BCUT2D eigenvalue weighted by Gasteiger charge is -2.21. The minimum atomic E-state index is -2.06. The van der Waals surface area contributed by atoms with Crippen molar-refractivity contribution in [3.05, 3.63) is 23.8 Å². The molecule has 0 aliphatic rings. The molecule has 0 aliphatic heterocycles. The Morgan fingerprint density at radius 1 is 1.21 bits per heavy atom. The summed E-state index contributed by atoms with van der Waals surface area (Å²) >= 11 is 0. The molecule has 0 saturated heterocycles. The zero-order valence-electron chi connectivity index (χ0n) is 7.73. The van der Waals surface area contributed by atoms with Crippen molar-refractivity contribution in [3.63, 3.8) is 0 Å². The molecule has 1 rings (SSSR count). The molecule has 0 atom stereocenters. The highest BCUT2D eigenvalue weighted by atomic mass is 16.5. The summed E-state index contributed by atoms with van der Waals surface area (Å²) in [6.45, 7) is -0.0722. The number of aromatic hydroxyl groups is 2. The van der Waals surface area contributed by atoms with E-state index in [4.69, 9.17) is 10.2 Å². The summed E-state index contributed by atoms with van der Waals surface area (Å²) in [7, 11) is 1.57. The quantitative estimate of drug-likeness (QED) is 0.333.